The first kappa shape index (κ1) is 18.4. The Hall–Kier alpha value is -1.69. The van der Waals surface area contributed by atoms with Crippen molar-refractivity contribution in [1.82, 2.24) is 0 Å². The molecule has 5 nitrogen and oxygen atoms in total. The molecule has 1 rings (SSSR count). The average Bonchev–Trinajstić information content (AvgIpc) is 2.42. The van der Waals surface area contributed by atoms with E-state index in [1.165, 1.54) is 13.2 Å². The molecule has 0 spiro atoms. The van der Waals surface area contributed by atoms with Crippen LogP contribution in [0.25, 0.3) is 0 Å². The molecular weight excluding hydrogens is 304 g/mol. The molecule has 0 bridgehead atoms. The van der Waals surface area contributed by atoms with Gasteiger partial charge in [-0.2, -0.15) is 0 Å². The van der Waals surface area contributed by atoms with E-state index in [2.05, 4.69) is 4.74 Å². The fraction of sp³-hybridized carbons (Fsp3) is 0.500. The lowest BCUT2D eigenvalue weighted by atomic mass is 10.0. The monoisotopic (exact) mass is 326 g/mol. The molecule has 0 aliphatic rings. The number of rotatable bonds is 7. The average molecular weight is 326 g/mol. The first-order chi connectivity index (χ1) is 10.2. The first-order valence-electron chi connectivity index (χ1n) is 7.10. The number of hydrogen-bond donors (Lipinski definition) is 0. The third kappa shape index (κ3) is 4.94. The SMILES string of the molecule is COC(=O)CCC(=O)c1cc(C)ccc1S(=O)(=O)CC(C)C. The van der Waals surface area contributed by atoms with Crippen molar-refractivity contribution in [2.45, 2.75) is 38.5 Å². The van der Waals surface area contributed by atoms with Crippen molar-refractivity contribution in [3.05, 3.63) is 29.3 Å². The van der Waals surface area contributed by atoms with E-state index in [4.69, 9.17) is 0 Å². The lowest BCUT2D eigenvalue weighted by molar-refractivity contribution is -0.140. The highest BCUT2D eigenvalue weighted by Crippen LogP contribution is 2.22. The number of sulfone groups is 1. The Kier molecular flexibility index (Phi) is 6.29. The van der Waals surface area contributed by atoms with Gasteiger partial charge in [0.05, 0.1) is 24.2 Å². The summed E-state index contributed by atoms with van der Waals surface area (Å²) in [6.07, 6.45) is -0.132. The molecule has 1 aromatic rings. The Balaban J connectivity index is 3.16. The van der Waals surface area contributed by atoms with Gasteiger partial charge >= 0.3 is 5.97 Å². The fourth-order valence-corrected chi connectivity index (χ4v) is 3.95. The van der Waals surface area contributed by atoms with Crippen LogP contribution in [0.3, 0.4) is 0 Å². The second kappa shape index (κ2) is 7.54. The number of ketones is 1. The second-order valence-electron chi connectivity index (χ2n) is 5.67. The molecule has 0 amide bonds. The van der Waals surface area contributed by atoms with Gasteiger partial charge in [0.2, 0.25) is 0 Å². The fourth-order valence-electron chi connectivity index (χ4n) is 2.11. The van der Waals surface area contributed by atoms with Crippen LogP contribution in [0.4, 0.5) is 0 Å². The van der Waals surface area contributed by atoms with Crippen molar-refractivity contribution in [2.75, 3.05) is 12.9 Å². The van der Waals surface area contributed by atoms with E-state index < -0.39 is 15.8 Å². The second-order valence-corrected chi connectivity index (χ2v) is 7.68. The van der Waals surface area contributed by atoms with Gasteiger partial charge in [0, 0.05) is 12.0 Å². The molecule has 6 heteroatoms. The number of carbonyl (C=O) groups is 2. The van der Waals surface area contributed by atoms with E-state index >= 15 is 0 Å². The number of esters is 1. The summed E-state index contributed by atoms with van der Waals surface area (Å²) in [7, 11) is -2.29. The smallest absolute Gasteiger partial charge is 0.305 e. The maximum atomic E-state index is 12.4. The minimum absolute atomic E-state index is 0.0205. The number of carbonyl (C=O) groups excluding carboxylic acids is 2. The van der Waals surface area contributed by atoms with Crippen LogP contribution in [-0.2, 0) is 19.4 Å². The number of hydrogen-bond acceptors (Lipinski definition) is 5. The lowest BCUT2D eigenvalue weighted by Gasteiger charge is -2.12. The van der Waals surface area contributed by atoms with Crippen LogP contribution in [0.5, 0.6) is 0 Å². The molecule has 0 saturated heterocycles. The van der Waals surface area contributed by atoms with Crippen molar-refractivity contribution in [3.63, 3.8) is 0 Å². The summed E-state index contributed by atoms with van der Waals surface area (Å²) in [5.41, 5.74) is 0.953. The highest BCUT2D eigenvalue weighted by molar-refractivity contribution is 7.91. The van der Waals surface area contributed by atoms with Crippen LogP contribution in [0.15, 0.2) is 23.1 Å². The molecule has 122 valence electrons. The summed E-state index contributed by atoms with van der Waals surface area (Å²) >= 11 is 0. The molecule has 0 N–H and O–H groups in total. The number of aryl methyl sites for hydroxylation is 1. The summed E-state index contributed by atoms with van der Waals surface area (Å²) in [4.78, 5) is 23.5. The molecule has 0 radical (unpaired) electrons. The number of ether oxygens (including phenoxy) is 1. The van der Waals surface area contributed by atoms with Gasteiger partial charge in [0.25, 0.3) is 0 Å². The third-order valence-electron chi connectivity index (χ3n) is 3.11. The predicted octanol–water partition coefficient (Wildman–Crippen LogP) is 2.56. The Morgan fingerprint density at radius 1 is 1.18 bits per heavy atom. The topological polar surface area (TPSA) is 77.5 Å². The Morgan fingerprint density at radius 3 is 2.36 bits per heavy atom. The highest BCUT2D eigenvalue weighted by Gasteiger charge is 2.23. The summed E-state index contributed by atoms with van der Waals surface area (Å²) < 4.78 is 29.4. The van der Waals surface area contributed by atoms with Crippen molar-refractivity contribution < 1.29 is 22.7 Å². The Labute approximate surface area is 131 Å². The van der Waals surface area contributed by atoms with Crippen molar-refractivity contribution in [3.8, 4) is 0 Å². The van der Waals surface area contributed by atoms with E-state index in [1.54, 1.807) is 19.1 Å². The zero-order chi connectivity index (χ0) is 16.9. The molecule has 0 saturated carbocycles. The molecule has 0 aliphatic heterocycles. The van der Waals surface area contributed by atoms with Gasteiger partial charge in [-0.05, 0) is 25.0 Å². The standard InChI is InChI=1S/C16H22O5S/c1-11(2)10-22(19,20)15-7-5-12(3)9-13(15)14(17)6-8-16(18)21-4/h5,7,9,11H,6,8,10H2,1-4H3. The minimum atomic E-state index is -3.53. The van der Waals surface area contributed by atoms with E-state index in [-0.39, 0.29) is 40.8 Å². The molecule has 0 heterocycles. The Bertz CT molecular complexity index is 659. The third-order valence-corrected chi connectivity index (χ3v) is 5.24. The normalized spacial score (nSPS) is 11.5. The largest absolute Gasteiger partial charge is 0.469 e. The van der Waals surface area contributed by atoms with Gasteiger partial charge in [-0.25, -0.2) is 8.42 Å². The van der Waals surface area contributed by atoms with Crippen LogP contribution in [0, 0.1) is 12.8 Å². The van der Waals surface area contributed by atoms with Gasteiger partial charge in [-0.1, -0.05) is 25.5 Å². The van der Waals surface area contributed by atoms with Gasteiger partial charge in [-0.15, -0.1) is 0 Å². The number of benzene rings is 1. The van der Waals surface area contributed by atoms with Crippen LogP contribution >= 0.6 is 0 Å². The van der Waals surface area contributed by atoms with Gasteiger partial charge in [-0.3, -0.25) is 9.59 Å². The minimum Gasteiger partial charge on any atom is -0.469 e. The van der Waals surface area contributed by atoms with Crippen molar-refractivity contribution in [1.29, 1.82) is 0 Å². The molecule has 22 heavy (non-hydrogen) atoms. The Morgan fingerprint density at radius 2 is 1.82 bits per heavy atom. The maximum absolute atomic E-state index is 12.4. The van der Waals surface area contributed by atoms with Gasteiger partial charge in [0.1, 0.15) is 0 Å². The van der Waals surface area contributed by atoms with E-state index in [0.717, 1.165) is 5.56 Å². The van der Waals surface area contributed by atoms with Crippen LogP contribution < -0.4 is 0 Å². The van der Waals surface area contributed by atoms with Crippen molar-refractivity contribution >= 4 is 21.6 Å². The molecule has 0 aromatic heterocycles. The molecule has 0 aliphatic carbocycles. The zero-order valence-corrected chi connectivity index (χ0v) is 14.2. The molecule has 0 fully saturated rings. The summed E-state index contributed by atoms with van der Waals surface area (Å²) in [6.45, 7) is 5.41. The van der Waals surface area contributed by atoms with Gasteiger partial charge in [0.15, 0.2) is 15.6 Å². The molecule has 1 aromatic carbocycles. The number of methoxy groups -OCH3 is 1. The van der Waals surface area contributed by atoms with Crippen LogP contribution in [0.1, 0.15) is 42.6 Å². The summed E-state index contributed by atoms with van der Waals surface area (Å²) in [6, 6.07) is 4.70. The highest BCUT2D eigenvalue weighted by atomic mass is 32.2. The number of Topliss-reactive ketones (excluding diaryl/α,β-unsaturated/α-hetero) is 1. The quantitative estimate of drug-likeness (QED) is 0.568. The van der Waals surface area contributed by atoms with E-state index in [9.17, 15) is 18.0 Å². The molecule has 0 unspecified atom stereocenters. The van der Waals surface area contributed by atoms with Gasteiger partial charge < -0.3 is 4.74 Å². The lowest BCUT2D eigenvalue weighted by Crippen LogP contribution is -2.16. The predicted molar refractivity (Wildman–Crippen MR) is 83.7 cm³/mol. The summed E-state index contributed by atoms with van der Waals surface area (Å²) in [5, 5.41) is 0. The molecule has 0 atom stereocenters. The zero-order valence-electron chi connectivity index (χ0n) is 13.4. The maximum Gasteiger partial charge on any atom is 0.305 e. The van der Waals surface area contributed by atoms with Crippen LogP contribution in [0.2, 0.25) is 0 Å². The van der Waals surface area contributed by atoms with Crippen molar-refractivity contribution in [2.24, 2.45) is 5.92 Å². The van der Waals surface area contributed by atoms with E-state index in [0.29, 0.717) is 0 Å². The summed E-state index contributed by atoms with van der Waals surface area (Å²) in [5.74, 6) is -0.916. The first-order valence-corrected chi connectivity index (χ1v) is 8.76. The molecular formula is C16H22O5S. The van der Waals surface area contributed by atoms with E-state index in [1.807, 2.05) is 13.8 Å². The van der Waals surface area contributed by atoms with Crippen LogP contribution in [-0.4, -0.2) is 33.0 Å².